The first-order valence-electron chi connectivity index (χ1n) is 5.54. The van der Waals surface area contributed by atoms with Gasteiger partial charge in [-0.2, -0.15) is 0 Å². The molecule has 1 saturated carbocycles. The van der Waals surface area contributed by atoms with Crippen LogP contribution in [0.4, 0.5) is 0 Å². The lowest BCUT2D eigenvalue weighted by Gasteiger charge is -2.42. The first kappa shape index (κ1) is 11.8. The third kappa shape index (κ3) is 1.64. The molecule has 2 N–H and O–H groups in total. The van der Waals surface area contributed by atoms with Crippen LogP contribution in [0.2, 0.25) is 0 Å². The number of carbonyl (C=O) groups is 1. The van der Waals surface area contributed by atoms with Gasteiger partial charge in [0.25, 0.3) is 0 Å². The zero-order valence-corrected chi connectivity index (χ0v) is 9.74. The van der Waals surface area contributed by atoms with Crippen LogP contribution in [-0.2, 0) is 4.79 Å². The molecule has 2 heterocycles. The monoisotopic (exact) mass is 237 g/mol. The van der Waals surface area contributed by atoms with Gasteiger partial charge in [0.2, 0.25) is 11.9 Å². The van der Waals surface area contributed by atoms with E-state index in [0.717, 1.165) is 0 Å². The van der Waals surface area contributed by atoms with E-state index in [9.17, 15) is 14.9 Å². The van der Waals surface area contributed by atoms with Gasteiger partial charge in [-0.25, -0.2) is 0 Å². The van der Waals surface area contributed by atoms with Crippen LogP contribution in [0.25, 0.3) is 0 Å². The van der Waals surface area contributed by atoms with Crippen molar-refractivity contribution in [3.05, 3.63) is 22.3 Å². The molecule has 3 rings (SSSR count). The topological polar surface area (TPSA) is 98.6 Å². The maximum absolute atomic E-state index is 11.3. The lowest BCUT2D eigenvalue weighted by Crippen LogP contribution is -2.57. The summed E-state index contributed by atoms with van der Waals surface area (Å²) in [6, 6.07) is -1.02. The van der Waals surface area contributed by atoms with E-state index in [0.29, 0.717) is 0 Å². The second-order valence-corrected chi connectivity index (χ2v) is 4.99. The highest BCUT2D eigenvalue weighted by Crippen LogP contribution is 2.42. The zero-order valence-electron chi connectivity index (χ0n) is 9.74. The van der Waals surface area contributed by atoms with Crippen molar-refractivity contribution < 1.29 is 9.72 Å². The summed E-state index contributed by atoms with van der Waals surface area (Å²) in [6.07, 6.45) is 4.81. The van der Waals surface area contributed by atoms with Gasteiger partial charge in [-0.3, -0.25) is 19.9 Å². The van der Waals surface area contributed by atoms with Crippen molar-refractivity contribution >= 4 is 12.1 Å². The molecule has 92 valence electrons. The van der Waals surface area contributed by atoms with E-state index < -0.39 is 17.4 Å². The normalized spacial score (nSPS) is 45.3. The van der Waals surface area contributed by atoms with Crippen molar-refractivity contribution in [1.82, 2.24) is 0 Å². The van der Waals surface area contributed by atoms with E-state index in [-0.39, 0.29) is 22.8 Å². The quantitative estimate of drug-likeness (QED) is 0.427. The summed E-state index contributed by atoms with van der Waals surface area (Å²) >= 11 is 0. The molecule has 6 heteroatoms. The average Bonchev–Trinajstić information content (AvgIpc) is 2.20. The van der Waals surface area contributed by atoms with E-state index in [1.54, 1.807) is 19.1 Å². The summed E-state index contributed by atoms with van der Waals surface area (Å²) in [5.74, 6) is -0.523. The van der Waals surface area contributed by atoms with Gasteiger partial charge in [-0.1, -0.05) is 19.1 Å². The summed E-state index contributed by atoms with van der Waals surface area (Å²) in [4.78, 5) is 26.1. The Hall–Kier alpha value is -1.72. The van der Waals surface area contributed by atoms with Crippen LogP contribution < -0.4 is 5.73 Å². The Morgan fingerprint density at radius 3 is 2.76 bits per heavy atom. The first-order chi connectivity index (χ1) is 7.87. The number of nitrogens with two attached hydrogens (primary N) is 1. The van der Waals surface area contributed by atoms with E-state index in [4.69, 9.17) is 5.73 Å². The molecule has 0 saturated heterocycles. The minimum Gasteiger partial charge on any atom is -0.369 e. The standard InChI is InChI=1S/C11H15N3O3/c1-6-7-3-4-11(2,10(12)15)5-13-8(6)9(7)14(16)17/h3-9H,1-2H3,(H2,12,15)/b4-3-,13-5?. The lowest BCUT2D eigenvalue weighted by molar-refractivity contribution is -0.552. The van der Waals surface area contributed by atoms with Crippen LogP contribution in [0, 0.1) is 27.4 Å². The Labute approximate surface area is 98.7 Å². The number of primary amides is 1. The largest absolute Gasteiger partial charge is 0.369 e. The predicted octanol–water partition coefficient (Wildman–Crippen LogP) is 0.398. The molecular weight excluding hydrogens is 222 g/mol. The molecule has 1 aliphatic carbocycles. The smallest absolute Gasteiger partial charge is 0.241 e. The molecule has 2 bridgehead atoms. The number of aliphatic imine (C=N–C) groups is 1. The highest BCUT2D eigenvalue weighted by Gasteiger charge is 2.56. The number of hydrogen-bond acceptors (Lipinski definition) is 4. The van der Waals surface area contributed by atoms with Gasteiger partial charge in [0.05, 0.1) is 11.3 Å². The Morgan fingerprint density at radius 1 is 1.59 bits per heavy atom. The maximum Gasteiger partial charge on any atom is 0.241 e. The van der Waals surface area contributed by atoms with Crippen LogP contribution in [0.1, 0.15) is 13.8 Å². The Kier molecular flexibility index (Phi) is 2.52. The van der Waals surface area contributed by atoms with Gasteiger partial charge in [0.15, 0.2) is 0 Å². The van der Waals surface area contributed by atoms with Gasteiger partial charge in [0, 0.05) is 11.1 Å². The summed E-state index contributed by atoms with van der Waals surface area (Å²) < 4.78 is 0. The van der Waals surface area contributed by atoms with Gasteiger partial charge in [-0.05, 0) is 12.8 Å². The molecule has 0 spiro atoms. The minimum absolute atomic E-state index is 0.135. The second kappa shape index (κ2) is 3.65. The van der Waals surface area contributed by atoms with Crippen LogP contribution in [0.5, 0.6) is 0 Å². The molecule has 0 aromatic carbocycles. The Bertz CT molecular complexity index is 408. The molecule has 0 aromatic heterocycles. The zero-order chi connectivity index (χ0) is 12.8. The molecular formula is C11H15N3O3. The minimum atomic E-state index is -0.932. The molecule has 3 aliphatic rings. The molecule has 1 fully saturated rings. The summed E-state index contributed by atoms with van der Waals surface area (Å²) in [6.45, 7) is 3.59. The van der Waals surface area contributed by atoms with Crippen LogP contribution in [0.15, 0.2) is 17.1 Å². The van der Waals surface area contributed by atoms with E-state index in [1.165, 1.54) is 6.21 Å². The number of nitrogens with zero attached hydrogens (tertiary/aromatic N) is 2. The number of nitro groups is 1. The molecule has 0 aromatic rings. The fourth-order valence-electron chi connectivity index (χ4n) is 2.45. The number of hydrogen-bond donors (Lipinski definition) is 1. The maximum atomic E-state index is 11.3. The third-order valence-corrected chi connectivity index (χ3v) is 3.84. The molecule has 6 nitrogen and oxygen atoms in total. The summed E-state index contributed by atoms with van der Waals surface area (Å²) in [5, 5.41) is 10.9. The van der Waals surface area contributed by atoms with Gasteiger partial charge < -0.3 is 5.73 Å². The number of rotatable bonds is 2. The highest BCUT2D eigenvalue weighted by molar-refractivity contribution is 5.99. The molecule has 0 radical (unpaired) electrons. The van der Waals surface area contributed by atoms with E-state index in [2.05, 4.69) is 4.99 Å². The molecule has 1 amide bonds. The van der Waals surface area contributed by atoms with E-state index in [1.807, 2.05) is 6.92 Å². The fourth-order valence-corrected chi connectivity index (χ4v) is 2.45. The highest BCUT2D eigenvalue weighted by atomic mass is 16.6. The van der Waals surface area contributed by atoms with Crippen molar-refractivity contribution in [2.45, 2.75) is 25.9 Å². The molecule has 5 atom stereocenters. The number of fused-ring (bicyclic) bond motifs is 2. The van der Waals surface area contributed by atoms with E-state index >= 15 is 0 Å². The Balaban J connectivity index is 2.33. The van der Waals surface area contributed by atoms with Crippen LogP contribution in [-0.4, -0.2) is 29.1 Å². The SMILES string of the molecule is CC1C2/C=C\C(C)(C(N)=O)C=NC1C2[N+](=O)[O-]. The van der Waals surface area contributed by atoms with Crippen LogP contribution >= 0.6 is 0 Å². The van der Waals surface area contributed by atoms with Crippen molar-refractivity contribution in [1.29, 1.82) is 0 Å². The average molecular weight is 237 g/mol. The van der Waals surface area contributed by atoms with Gasteiger partial charge >= 0.3 is 0 Å². The van der Waals surface area contributed by atoms with Crippen LogP contribution in [0.3, 0.4) is 0 Å². The molecule has 17 heavy (non-hydrogen) atoms. The van der Waals surface area contributed by atoms with Gasteiger partial charge in [-0.15, -0.1) is 0 Å². The first-order valence-corrected chi connectivity index (χ1v) is 5.54. The Morgan fingerprint density at radius 2 is 2.24 bits per heavy atom. The number of amides is 1. The second-order valence-electron chi connectivity index (χ2n) is 4.99. The lowest BCUT2D eigenvalue weighted by atomic mass is 9.64. The number of carbonyl (C=O) groups excluding carboxylic acids is 1. The summed E-state index contributed by atoms with van der Waals surface area (Å²) in [5.41, 5.74) is 4.36. The predicted molar refractivity (Wildman–Crippen MR) is 62.2 cm³/mol. The molecule has 5 unspecified atom stereocenters. The molecule has 2 aliphatic heterocycles. The van der Waals surface area contributed by atoms with Crippen molar-refractivity contribution in [3.63, 3.8) is 0 Å². The van der Waals surface area contributed by atoms with Crippen molar-refractivity contribution in [3.8, 4) is 0 Å². The third-order valence-electron chi connectivity index (χ3n) is 3.84. The fraction of sp³-hybridized carbons (Fsp3) is 0.636. The summed E-state index contributed by atoms with van der Waals surface area (Å²) in [7, 11) is 0. The van der Waals surface area contributed by atoms with Crippen molar-refractivity contribution in [2.75, 3.05) is 0 Å². The van der Waals surface area contributed by atoms with Crippen molar-refractivity contribution in [2.24, 2.45) is 28.0 Å². The van der Waals surface area contributed by atoms with Gasteiger partial charge in [0.1, 0.15) is 6.04 Å².